The molecule has 0 spiro atoms. The molecule has 0 aliphatic rings. The Bertz CT molecular complexity index is 384. The number of anilines is 1. The molecule has 0 saturated carbocycles. The molecule has 0 fully saturated rings. The molecule has 0 heterocycles. The van der Waals surface area contributed by atoms with Gasteiger partial charge in [-0.2, -0.15) is 0 Å². The Morgan fingerprint density at radius 3 is 2.47 bits per heavy atom. The first-order chi connectivity index (χ1) is 8.19. The third kappa shape index (κ3) is 3.94. The van der Waals surface area contributed by atoms with Gasteiger partial charge in [-0.1, -0.05) is 25.1 Å². The zero-order valence-electron chi connectivity index (χ0n) is 10.7. The number of nitrogens with one attached hydrogen (secondary N) is 1. The number of allylic oxidation sites excluding steroid dienone is 2. The van der Waals surface area contributed by atoms with Crippen molar-refractivity contribution in [3.63, 3.8) is 0 Å². The van der Waals surface area contributed by atoms with Crippen LogP contribution in [0.2, 0.25) is 0 Å². The number of nitrogens with zero attached hydrogens (tertiary/aromatic N) is 1. The van der Waals surface area contributed by atoms with E-state index in [1.165, 1.54) is 0 Å². The van der Waals surface area contributed by atoms with E-state index in [0.717, 1.165) is 36.5 Å². The van der Waals surface area contributed by atoms with Gasteiger partial charge in [0, 0.05) is 23.6 Å². The summed E-state index contributed by atoms with van der Waals surface area (Å²) < 4.78 is 0. The standard InChI is InChI=1S/C14H20N2O/c1-4-10-16(11-17)13(3)12(2)15-14-8-6-5-7-9-14/h5-9,11,15H,4,10H2,1-3H3. The number of para-hydroxylation sites is 1. The van der Waals surface area contributed by atoms with Gasteiger partial charge in [0.15, 0.2) is 0 Å². The smallest absolute Gasteiger partial charge is 0.213 e. The second-order valence-corrected chi connectivity index (χ2v) is 4.00. The van der Waals surface area contributed by atoms with E-state index < -0.39 is 0 Å². The van der Waals surface area contributed by atoms with Gasteiger partial charge in [0.05, 0.1) is 0 Å². The van der Waals surface area contributed by atoms with Crippen molar-refractivity contribution in [3.8, 4) is 0 Å². The van der Waals surface area contributed by atoms with Crippen LogP contribution in [0.5, 0.6) is 0 Å². The number of carbonyl (C=O) groups is 1. The van der Waals surface area contributed by atoms with Crippen LogP contribution in [0.1, 0.15) is 27.2 Å². The van der Waals surface area contributed by atoms with Gasteiger partial charge in [-0.25, -0.2) is 0 Å². The van der Waals surface area contributed by atoms with E-state index in [1.807, 2.05) is 44.2 Å². The summed E-state index contributed by atoms with van der Waals surface area (Å²) in [6.45, 7) is 6.75. The average molecular weight is 232 g/mol. The van der Waals surface area contributed by atoms with Crippen molar-refractivity contribution in [2.75, 3.05) is 11.9 Å². The molecule has 3 nitrogen and oxygen atoms in total. The third-order valence-corrected chi connectivity index (χ3v) is 2.67. The fraction of sp³-hybridized carbons (Fsp3) is 0.357. The van der Waals surface area contributed by atoms with Gasteiger partial charge in [-0.3, -0.25) is 4.79 Å². The van der Waals surface area contributed by atoms with Crippen molar-refractivity contribution >= 4 is 12.1 Å². The number of hydrogen-bond donors (Lipinski definition) is 1. The van der Waals surface area contributed by atoms with Gasteiger partial charge < -0.3 is 10.2 Å². The number of hydrogen-bond acceptors (Lipinski definition) is 2. The second kappa shape index (κ2) is 6.74. The molecule has 0 aliphatic carbocycles. The summed E-state index contributed by atoms with van der Waals surface area (Å²) in [5.74, 6) is 0. The molecule has 1 amide bonds. The SMILES string of the molecule is CCCN(C=O)C(C)=C(C)Nc1ccccc1. The normalized spacial score (nSPS) is 11.7. The van der Waals surface area contributed by atoms with Gasteiger partial charge in [-0.15, -0.1) is 0 Å². The van der Waals surface area contributed by atoms with Gasteiger partial charge in [0.2, 0.25) is 6.41 Å². The Balaban J connectivity index is 2.78. The molecule has 0 atom stereocenters. The molecule has 3 heteroatoms. The molecule has 0 aliphatic heterocycles. The maximum atomic E-state index is 11.0. The minimum Gasteiger partial charge on any atom is -0.358 e. The molecule has 1 aromatic carbocycles. The largest absolute Gasteiger partial charge is 0.358 e. The van der Waals surface area contributed by atoms with Crippen LogP contribution in [0.4, 0.5) is 5.69 Å². The molecule has 0 aromatic heterocycles. The fourth-order valence-electron chi connectivity index (χ4n) is 1.58. The van der Waals surface area contributed by atoms with Gasteiger partial charge in [0.1, 0.15) is 0 Å². The number of benzene rings is 1. The van der Waals surface area contributed by atoms with Crippen molar-refractivity contribution in [1.82, 2.24) is 4.90 Å². The van der Waals surface area contributed by atoms with Crippen molar-refractivity contribution in [1.29, 1.82) is 0 Å². The van der Waals surface area contributed by atoms with Crippen LogP contribution < -0.4 is 5.32 Å². The predicted octanol–water partition coefficient (Wildman–Crippen LogP) is 3.22. The summed E-state index contributed by atoms with van der Waals surface area (Å²) in [6.07, 6.45) is 1.84. The lowest BCUT2D eigenvalue weighted by molar-refractivity contribution is -0.116. The van der Waals surface area contributed by atoms with E-state index in [0.29, 0.717) is 0 Å². The third-order valence-electron chi connectivity index (χ3n) is 2.67. The highest BCUT2D eigenvalue weighted by atomic mass is 16.1. The minimum absolute atomic E-state index is 0.753. The van der Waals surface area contributed by atoms with Gasteiger partial charge in [0.25, 0.3) is 0 Å². The van der Waals surface area contributed by atoms with Crippen LogP contribution in [-0.4, -0.2) is 17.9 Å². The van der Waals surface area contributed by atoms with E-state index in [2.05, 4.69) is 12.2 Å². The lowest BCUT2D eigenvalue weighted by atomic mass is 10.2. The zero-order chi connectivity index (χ0) is 12.7. The van der Waals surface area contributed by atoms with E-state index in [4.69, 9.17) is 0 Å². The van der Waals surface area contributed by atoms with E-state index >= 15 is 0 Å². The Morgan fingerprint density at radius 1 is 1.29 bits per heavy atom. The summed E-state index contributed by atoms with van der Waals surface area (Å²) in [7, 11) is 0. The minimum atomic E-state index is 0.753. The lowest BCUT2D eigenvalue weighted by Crippen LogP contribution is -2.22. The topological polar surface area (TPSA) is 32.3 Å². The summed E-state index contributed by atoms with van der Waals surface area (Å²) in [6, 6.07) is 9.94. The molecule has 92 valence electrons. The fourth-order valence-corrected chi connectivity index (χ4v) is 1.58. The quantitative estimate of drug-likeness (QED) is 0.764. The first-order valence-corrected chi connectivity index (χ1v) is 5.90. The zero-order valence-corrected chi connectivity index (χ0v) is 10.7. The van der Waals surface area contributed by atoms with Crippen LogP contribution in [0.25, 0.3) is 0 Å². The number of rotatable bonds is 6. The summed E-state index contributed by atoms with van der Waals surface area (Å²) in [5, 5.41) is 3.29. The lowest BCUT2D eigenvalue weighted by Gasteiger charge is -2.20. The van der Waals surface area contributed by atoms with Crippen molar-refractivity contribution in [2.45, 2.75) is 27.2 Å². The number of amides is 1. The van der Waals surface area contributed by atoms with Gasteiger partial charge in [-0.05, 0) is 32.4 Å². The second-order valence-electron chi connectivity index (χ2n) is 4.00. The van der Waals surface area contributed by atoms with E-state index in [9.17, 15) is 4.79 Å². The maximum absolute atomic E-state index is 11.0. The Labute approximate surface area is 103 Å². The summed E-state index contributed by atoms with van der Waals surface area (Å²) in [5.41, 5.74) is 2.99. The van der Waals surface area contributed by atoms with E-state index in [1.54, 1.807) is 4.90 Å². The highest BCUT2D eigenvalue weighted by molar-refractivity contribution is 5.54. The molecule has 17 heavy (non-hydrogen) atoms. The van der Waals surface area contributed by atoms with Gasteiger partial charge >= 0.3 is 0 Å². The number of carbonyl (C=O) groups excluding carboxylic acids is 1. The van der Waals surface area contributed by atoms with Crippen molar-refractivity contribution < 1.29 is 4.79 Å². The van der Waals surface area contributed by atoms with E-state index in [-0.39, 0.29) is 0 Å². The highest BCUT2D eigenvalue weighted by Crippen LogP contribution is 2.13. The molecule has 0 saturated heterocycles. The van der Waals surface area contributed by atoms with Crippen LogP contribution in [0.15, 0.2) is 41.7 Å². The predicted molar refractivity (Wildman–Crippen MR) is 71.5 cm³/mol. The average Bonchev–Trinajstić information content (AvgIpc) is 2.36. The maximum Gasteiger partial charge on any atom is 0.213 e. The van der Waals surface area contributed by atoms with Crippen molar-refractivity contribution in [3.05, 3.63) is 41.7 Å². The first-order valence-electron chi connectivity index (χ1n) is 5.90. The Hall–Kier alpha value is -1.77. The molecule has 0 bridgehead atoms. The molecular formula is C14H20N2O. The molecule has 1 N–H and O–H groups in total. The molecular weight excluding hydrogens is 212 g/mol. The van der Waals surface area contributed by atoms with Crippen LogP contribution in [0, 0.1) is 0 Å². The van der Waals surface area contributed by atoms with Crippen molar-refractivity contribution in [2.24, 2.45) is 0 Å². The Morgan fingerprint density at radius 2 is 1.94 bits per heavy atom. The molecule has 1 aromatic rings. The molecule has 0 radical (unpaired) electrons. The molecule has 1 rings (SSSR count). The van der Waals surface area contributed by atoms with Crippen LogP contribution >= 0.6 is 0 Å². The monoisotopic (exact) mass is 232 g/mol. The van der Waals surface area contributed by atoms with Crippen LogP contribution in [-0.2, 0) is 4.79 Å². The summed E-state index contributed by atoms with van der Waals surface area (Å²) in [4.78, 5) is 12.7. The summed E-state index contributed by atoms with van der Waals surface area (Å²) >= 11 is 0. The Kier molecular flexibility index (Phi) is 5.27. The molecule has 0 unspecified atom stereocenters. The van der Waals surface area contributed by atoms with Crippen LogP contribution in [0.3, 0.4) is 0 Å². The first kappa shape index (κ1) is 13.3. The highest BCUT2D eigenvalue weighted by Gasteiger charge is 2.06.